The molecule has 1 aliphatic heterocycles. The predicted octanol–water partition coefficient (Wildman–Crippen LogP) is 2.35. The van der Waals surface area contributed by atoms with E-state index in [9.17, 15) is 0 Å². The SMILES string of the molecule is Cc1nnc(CNC(=NCc2ccccc2Cl)NCCCN2CCOCC2)n1C.I. The summed E-state index contributed by atoms with van der Waals surface area (Å²) in [7, 11) is 1.96. The number of hydrogen-bond acceptors (Lipinski definition) is 5. The summed E-state index contributed by atoms with van der Waals surface area (Å²) in [6.45, 7) is 8.57. The van der Waals surface area contributed by atoms with Crippen molar-refractivity contribution in [3.63, 3.8) is 0 Å². The van der Waals surface area contributed by atoms with Gasteiger partial charge in [0.2, 0.25) is 0 Å². The molecule has 2 heterocycles. The Bertz CT molecular complexity index is 808. The standard InChI is InChI=1S/C20H30ClN7O.HI/c1-16-25-26-19(27(16)2)15-24-20(23-14-17-6-3-4-7-18(17)21)22-8-5-9-28-10-12-29-13-11-28;/h3-4,6-7H,5,8-15H2,1-2H3,(H2,22,23,24);1H. The third-order valence-corrected chi connectivity index (χ3v) is 5.38. The van der Waals surface area contributed by atoms with Crippen LogP contribution in [0.15, 0.2) is 29.3 Å². The monoisotopic (exact) mass is 547 g/mol. The van der Waals surface area contributed by atoms with E-state index < -0.39 is 0 Å². The van der Waals surface area contributed by atoms with E-state index in [-0.39, 0.29) is 24.0 Å². The molecule has 1 aromatic carbocycles. The Labute approximate surface area is 200 Å². The van der Waals surface area contributed by atoms with Crippen LogP contribution in [0.2, 0.25) is 5.02 Å². The maximum Gasteiger partial charge on any atom is 0.191 e. The lowest BCUT2D eigenvalue weighted by Crippen LogP contribution is -2.40. The number of aromatic nitrogens is 3. The number of aryl methyl sites for hydroxylation is 1. The van der Waals surface area contributed by atoms with E-state index in [0.717, 1.165) is 74.0 Å². The van der Waals surface area contributed by atoms with Crippen molar-refractivity contribution >= 4 is 41.5 Å². The lowest BCUT2D eigenvalue weighted by molar-refractivity contribution is 0.0376. The number of halogens is 2. The summed E-state index contributed by atoms with van der Waals surface area (Å²) in [5.74, 6) is 2.49. The first-order chi connectivity index (χ1) is 14.1. The molecular weight excluding hydrogens is 517 g/mol. The van der Waals surface area contributed by atoms with Gasteiger partial charge in [-0.2, -0.15) is 0 Å². The average Bonchev–Trinajstić information content (AvgIpc) is 3.06. The Morgan fingerprint density at radius 3 is 2.67 bits per heavy atom. The molecule has 2 aromatic rings. The number of ether oxygens (including phenoxy) is 1. The van der Waals surface area contributed by atoms with Crippen molar-refractivity contribution in [1.29, 1.82) is 0 Å². The van der Waals surface area contributed by atoms with Gasteiger partial charge in [0.15, 0.2) is 11.8 Å². The highest BCUT2D eigenvalue weighted by molar-refractivity contribution is 14.0. The van der Waals surface area contributed by atoms with E-state index in [1.807, 2.05) is 42.8 Å². The number of morpholine rings is 1. The van der Waals surface area contributed by atoms with Gasteiger partial charge in [-0.3, -0.25) is 4.90 Å². The van der Waals surface area contributed by atoms with E-state index in [4.69, 9.17) is 21.3 Å². The molecule has 1 aromatic heterocycles. The molecule has 0 saturated carbocycles. The van der Waals surface area contributed by atoms with Crippen LogP contribution >= 0.6 is 35.6 Å². The Morgan fingerprint density at radius 2 is 1.97 bits per heavy atom. The third kappa shape index (κ3) is 7.68. The van der Waals surface area contributed by atoms with Crippen LogP contribution in [0, 0.1) is 6.92 Å². The first-order valence-corrected chi connectivity index (χ1v) is 10.4. The summed E-state index contributed by atoms with van der Waals surface area (Å²) in [6.07, 6.45) is 1.04. The highest BCUT2D eigenvalue weighted by Gasteiger charge is 2.10. The fourth-order valence-corrected chi connectivity index (χ4v) is 3.26. The van der Waals surface area contributed by atoms with Crippen molar-refractivity contribution in [2.24, 2.45) is 12.0 Å². The number of rotatable bonds is 8. The number of hydrogen-bond donors (Lipinski definition) is 2. The van der Waals surface area contributed by atoms with Gasteiger partial charge in [-0.1, -0.05) is 29.8 Å². The van der Waals surface area contributed by atoms with Crippen molar-refractivity contribution in [2.45, 2.75) is 26.4 Å². The van der Waals surface area contributed by atoms with E-state index >= 15 is 0 Å². The van der Waals surface area contributed by atoms with Gasteiger partial charge in [-0.15, -0.1) is 34.2 Å². The molecule has 0 amide bonds. The number of benzene rings is 1. The zero-order valence-electron chi connectivity index (χ0n) is 17.6. The minimum absolute atomic E-state index is 0. The molecule has 0 atom stereocenters. The molecule has 0 aliphatic carbocycles. The Balaban J connectivity index is 0.00000320. The van der Waals surface area contributed by atoms with E-state index in [0.29, 0.717) is 13.1 Å². The molecule has 1 aliphatic rings. The lowest BCUT2D eigenvalue weighted by Gasteiger charge is -2.26. The van der Waals surface area contributed by atoms with Crippen molar-refractivity contribution in [3.05, 3.63) is 46.5 Å². The van der Waals surface area contributed by atoms with Gasteiger partial charge >= 0.3 is 0 Å². The first kappa shape index (κ1) is 24.8. The lowest BCUT2D eigenvalue weighted by atomic mass is 10.2. The minimum atomic E-state index is 0. The van der Waals surface area contributed by atoms with Crippen LogP contribution in [0.3, 0.4) is 0 Å². The van der Waals surface area contributed by atoms with Crippen LogP contribution in [0.4, 0.5) is 0 Å². The van der Waals surface area contributed by atoms with Gasteiger partial charge in [0.25, 0.3) is 0 Å². The van der Waals surface area contributed by atoms with Crippen molar-refractivity contribution in [1.82, 2.24) is 30.3 Å². The second-order valence-corrected chi connectivity index (χ2v) is 7.47. The Morgan fingerprint density at radius 1 is 1.20 bits per heavy atom. The largest absolute Gasteiger partial charge is 0.379 e. The highest BCUT2D eigenvalue weighted by Crippen LogP contribution is 2.15. The highest BCUT2D eigenvalue weighted by atomic mass is 127. The quantitative estimate of drug-likeness (QED) is 0.229. The zero-order valence-corrected chi connectivity index (χ0v) is 20.7. The maximum absolute atomic E-state index is 6.27. The van der Waals surface area contributed by atoms with Crippen LogP contribution in [0.1, 0.15) is 23.6 Å². The summed E-state index contributed by atoms with van der Waals surface area (Å²) < 4.78 is 7.37. The molecule has 8 nitrogen and oxygen atoms in total. The molecule has 0 bridgehead atoms. The van der Waals surface area contributed by atoms with Crippen molar-refractivity contribution in [3.8, 4) is 0 Å². The maximum atomic E-state index is 6.27. The Kier molecular flexibility index (Phi) is 10.8. The van der Waals surface area contributed by atoms with Crippen molar-refractivity contribution in [2.75, 3.05) is 39.4 Å². The summed E-state index contributed by atoms with van der Waals surface area (Å²) in [5.41, 5.74) is 0.998. The minimum Gasteiger partial charge on any atom is -0.379 e. The van der Waals surface area contributed by atoms with E-state index in [2.05, 4.69) is 25.7 Å². The molecule has 0 radical (unpaired) electrons. The van der Waals surface area contributed by atoms with Crippen LogP contribution in [-0.2, 0) is 24.9 Å². The second kappa shape index (κ2) is 13.1. The number of nitrogens with zero attached hydrogens (tertiary/aromatic N) is 5. The van der Waals surface area contributed by atoms with Gasteiger partial charge < -0.3 is 19.9 Å². The molecule has 30 heavy (non-hydrogen) atoms. The predicted molar refractivity (Wildman–Crippen MR) is 130 cm³/mol. The third-order valence-electron chi connectivity index (χ3n) is 5.01. The molecule has 10 heteroatoms. The molecule has 2 N–H and O–H groups in total. The van der Waals surface area contributed by atoms with Gasteiger partial charge in [-0.05, 0) is 31.5 Å². The molecule has 1 saturated heterocycles. The molecular formula is C20H31ClIN7O. The van der Waals surface area contributed by atoms with Gasteiger partial charge in [-0.25, -0.2) is 4.99 Å². The average molecular weight is 548 g/mol. The second-order valence-electron chi connectivity index (χ2n) is 7.07. The fourth-order valence-electron chi connectivity index (χ4n) is 3.07. The van der Waals surface area contributed by atoms with Crippen LogP contribution in [0.5, 0.6) is 0 Å². The summed E-state index contributed by atoms with van der Waals surface area (Å²) >= 11 is 6.27. The van der Waals surface area contributed by atoms with Crippen LogP contribution < -0.4 is 10.6 Å². The Hall–Kier alpha value is -1.43. The first-order valence-electron chi connectivity index (χ1n) is 10.0. The van der Waals surface area contributed by atoms with Crippen molar-refractivity contribution < 1.29 is 4.74 Å². The molecule has 166 valence electrons. The fraction of sp³-hybridized carbons (Fsp3) is 0.550. The number of aliphatic imine (C=N–C) groups is 1. The summed E-state index contributed by atoms with van der Waals surface area (Å²) in [5, 5.41) is 15.8. The topological polar surface area (TPSA) is 79.6 Å². The number of guanidine groups is 1. The zero-order chi connectivity index (χ0) is 20.5. The molecule has 3 rings (SSSR count). The van der Waals surface area contributed by atoms with E-state index in [1.54, 1.807) is 0 Å². The van der Waals surface area contributed by atoms with Gasteiger partial charge in [0.05, 0.1) is 26.3 Å². The molecule has 0 spiro atoms. The summed E-state index contributed by atoms with van der Waals surface area (Å²) in [6, 6.07) is 7.78. The molecule has 1 fully saturated rings. The van der Waals surface area contributed by atoms with Gasteiger partial charge in [0, 0.05) is 31.7 Å². The van der Waals surface area contributed by atoms with Crippen LogP contribution in [-0.4, -0.2) is 65.0 Å². The normalized spacial score (nSPS) is 15.0. The van der Waals surface area contributed by atoms with Crippen LogP contribution in [0.25, 0.3) is 0 Å². The number of nitrogens with one attached hydrogen (secondary N) is 2. The van der Waals surface area contributed by atoms with Gasteiger partial charge in [0.1, 0.15) is 5.82 Å². The van der Waals surface area contributed by atoms with E-state index in [1.165, 1.54) is 0 Å². The molecule has 0 unspecified atom stereocenters. The summed E-state index contributed by atoms with van der Waals surface area (Å²) in [4.78, 5) is 7.14. The smallest absolute Gasteiger partial charge is 0.191 e.